The molecule has 1 heterocycles. The third-order valence-corrected chi connectivity index (χ3v) is 7.80. The number of hydrogen-bond donors (Lipinski definition) is 0. The van der Waals surface area contributed by atoms with Gasteiger partial charge in [0, 0.05) is 29.6 Å². The molecule has 3 aromatic rings. The van der Waals surface area contributed by atoms with Gasteiger partial charge in [-0.1, -0.05) is 6.07 Å². The van der Waals surface area contributed by atoms with E-state index < -0.39 is 21.5 Å². The van der Waals surface area contributed by atoms with E-state index in [1.54, 1.807) is 13.0 Å². The first-order valence-electron chi connectivity index (χ1n) is 11.7. The van der Waals surface area contributed by atoms with Crippen molar-refractivity contribution in [2.75, 3.05) is 18.6 Å². The van der Waals surface area contributed by atoms with Gasteiger partial charge in [0.25, 0.3) is 0 Å². The van der Waals surface area contributed by atoms with Gasteiger partial charge in [-0.2, -0.15) is 0 Å². The van der Waals surface area contributed by atoms with Gasteiger partial charge in [0.05, 0.1) is 17.9 Å². The molecule has 5 nitrogen and oxygen atoms in total. The normalized spacial score (nSPS) is 18.2. The van der Waals surface area contributed by atoms with Crippen LogP contribution in [0.1, 0.15) is 41.0 Å². The fourth-order valence-electron chi connectivity index (χ4n) is 4.83. The van der Waals surface area contributed by atoms with Crippen LogP contribution in [0.25, 0.3) is 11.1 Å². The van der Waals surface area contributed by atoms with Gasteiger partial charge in [-0.05, 0) is 79.0 Å². The Labute approximate surface area is 204 Å². The average Bonchev–Trinajstić information content (AvgIpc) is 3.47. The Balaban J connectivity index is 1.29. The highest BCUT2D eigenvalue weighted by Crippen LogP contribution is 2.56. The van der Waals surface area contributed by atoms with E-state index in [0.717, 1.165) is 12.3 Å². The number of ether oxygens (including phenoxy) is 2. The summed E-state index contributed by atoms with van der Waals surface area (Å²) in [6.07, 6.45) is 5.32. The second-order valence-electron chi connectivity index (χ2n) is 9.51. The van der Waals surface area contributed by atoms with Crippen molar-refractivity contribution in [3.8, 4) is 22.8 Å². The molecule has 2 aliphatic rings. The summed E-state index contributed by atoms with van der Waals surface area (Å²) in [7, 11) is -3.05. The van der Waals surface area contributed by atoms with Crippen molar-refractivity contribution in [3.05, 3.63) is 76.5 Å². The highest BCUT2D eigenvalue weighted by Gasteiger charge is 2.44. The number of sulfone groups is 1. The number of pyridine rings is 1. The summed E-state index contributed by atoms with van der Waals surface area (Å²) in [5, 5.41) is 0. The molecule has 1 aromatic heterocycles. The zero-order valence-corrected chi connectivity index (χ0v) is 20.5. The van der Waals surface area contributed by atoms with Crippen LogP contribution >= 0.6 is 0 Å². The van der Waals surface area contributed by atoms with Crippen molar-refractivity contribution in [2.45, 2.75) is 38.7 Å². The van der Waals surface area contributed by atoms with Crippen LogP contribution in [0.3, 0.4) is 0 Å². The van der Waals surface area contributed by atoms with E-state index in [1.807, 2.05) is 12.1 Å². The van der Waals surface area contributed by atoms with Crippen LogP contribution in [0, 0.1) is 24.5 Å². The van der Waals surface area contributed by atoms with Crippen LogP contribution in [0.15, 0.2) is 42.6 Å². The molecule has 35 heavy (non-hydrogen) atoms. The van der Waals surface area contributed by atoms with E-state index in [-0.39, 0.29) is 30.1 Å². The zero-order valence-electron chi connectivity index (χ0n) is 19.7. The maximum absolute atomic E-state index is 15.4. The number of rotatable bonds is 9. The van der Waals surface area contributed by atoms with Crippen molar-refractivity contribution in [3.63, 3.8) is 0 Å². The molecule has 0 amide bonds. The van der Waals surface area contributed by atoms with Crippen LogP contribution in [0.4, 0.5) is 8.78 Å². The summed E-state index contributed by atoms with van der Waals surface area (Å²) >= 11 is 0. The zero-order chi connectivity index (χ0) is 24.7. The summed E-state index contributed by atoms with van der Waals surface area (Å²) < 4.78 is 63.7. The predicted molar refractivity (Wildman–Crippen MR) is 129 cm³/mol. The molecular weight excluding hydrogens is 472 g/mol. The van der Waals surface area contributed by atoms with E-state index >= 15 is 4.39 Å². The molecular formula is C27H27F2NO4S. The minimum absolute atomic E-state index is 0.0300. The van der Waals surface area contributed by atoms with Gasteiger partial charge >= 0.3 is 0 Å². The molecule has 0 bridgehead atoms. The fourth-order valence-corrected chi connectivity index (χ4v) is 5.47. The lowest BCUT2D eigenvalue weighted by Gasteiger charge is -2.14. The molecule has 0 N–H and O–H groups in total. The lowest BCUT2D eigenvalue weighted by molar-refractivity contribution is 0.292. The SMILES string of the molecule is Cc1cc(OCCCS(C)(=O)=O)ncc1-c1ccc(F)c(COc2ccc3c(c2)C[C@H]2C[C@@H]32)c1F. The molecule has 0 unspecified atom stereocenters. The number of aromatic nitrogens is 1. The van der Waals surface area contributed by atoms with Crippen molar-refractivity contribution < 1.29 is 26.7 Å². The van der Waals surface area contributed by atoms with E-state index in [0.29, 0.717) is 35.1 Å². The first-order valence-corrected chi connectivity index (χ1v) is 13.8. The van der Waals surface area contributed by atoms with Gasteiger partial charge < -0.3 is 9.47 Å². The summed E-state index contributed by atoms with van der Waals surface area (Å²) in [6, 6.07) is 10.2. The van der Waals surface area contributed by atoms with Gasteiger partial charge in [0.1, 0.15) is 33.8 Å². The first kappa shape index (κ1) is 23.7. The molecule has 0 aliphatic heterocycles. The van der Waals surface area contributed by atoms with E-state index in [2.05, 4.69) is 11.1 Å². The molecule has 0 radical (unpaired) electrons. The number of fused-ring (bicyclic) bond motifs is 3. The van der Waals surface area contributed by atoms with Crippen LogP contribution < -0.4 is 9.47 Å². The Morgan fingerprint density at radius 1 is 1.09 bits per heavy atom. The molecule has 8 heteroatoms. The summed E-state index contributed by atoms with van der Waals surface area (Å²) in [5.41, 5.74) is 3.97. The Bertz CT molecular complexity index is 1390. The van der Waals surface area contributed by atoms with Gasteiger partial charge in [-0.25, -0.2) is 22.2 Å². The lowest BCUT2D eigenvalue weighted by Crippen LogP contribution is -2.08. The topological polar surface area (TPSA) is 65.5 Å². The van der Waals surface area contributed by atoms with Crippen LogP contribution in [-0.2, 0) is 22.9 Å². The fraction of sp³-hybridized carbons (Fsp3) is 0.370. The summed E-state index contributed by atoms with van der Waals surface area (Å²) in [6.45, 7) is 1.77. The third-order valence-electron chi connectivity index (χ3n) is 6.77. The van der Waals surface area contributed by atoms with Crippen molar-refractivity contribution in [1.29, 1.82) is 0 Å². The second-order valence-corrected chi connectivity index (χ2v) is 11.8. The standard InChI is InChI=1S/C27H27F2NO4S/c1-16-10-26(33-8-3-9-35(2,31)32)30-14-23(16)21-6-7-25(28)24(27(21)29)15-34-19-4-5-20-17(12-19)11-18-13-22(18)20/h4-7,10,12,14,18,22H,3,8-9,11,13,15H2,1-2H3/t18-,22+/m0/s1. The number of benzene rings is 2. The molecule has 2 aromatic carbocycles. The minimum Gasteiger partial charge on any atom is -0.489 e. The third kappa shape index (κ3) is 5.17. The number of halogens is 2. The first-order chi connectivity index (χ1) is 16.7. The summed E-state index contributed by atoms with van der Waals surface area (Å²) in [5.74, 6) is 1.07. The molecule has 2 aliphatic carbocycles. The molecule has 0 saturated heterocycles. The molecule has 1 saturated carbocycles. The molecule has 2 atom stereocenters. The molecule has 1 fully saturated rings. The highest BCUT2D eigenvalue weighted by atomic mass is 32.2. The van der Waals surface area contributed by atoms with Crippen molar-refractivity contribution in [1.82, 2.24) is 4.98 Å². The van der Waals surface area contributed by atoms with Gasteiger partial charge in [0.2, 0.25) is 5.88 Å². The Morgan fingerprint density at radius 3 is 2.69 bits per heavy atom. The summed E-state index contributed by atoms with van der Waals surface area (Å²) in [4.78, 5) is 4.22. The lowest BCUT2D eigenvalue weighted by atomic mass is 9.99. The van der Waals surface area contributed by atoms with E-state index in [9.17, 15) is 12.8 Å². The maximum atomic E-state index is 15.4. The predicted octanol–water partition coefficient (Wildman–Crippen LogP) is 5.39. The van der Waals surface area contributed by atoms with Crippen LogP contribution in [-0.4, -0.2) is 32.0 Å². The maximum Gasteiger partial charge on any atom is 0.213 e. The van der Waals surface area contributed by atoms with E-state index in [4.69, 9.17) is 9.47 Å². The van der Waals surface area contributed by atoms with Crippen molar-refractivity contribution in [2.24, 2.45) is 5.92 Å². The molecule has 184 valence electrons. The largest absolute Gasteiger partial charge is 0.489 e. The highest BCUT2D eigenvalue weighted by molar-refractivity contribution is 7.90. The van der Waals surface area contributed by atoms with Gasteiger partial charge in [0.15, 0.2) is 0 Å². The Morgan fingerprint density at radius 2 is 1.91 bits per heavy atom. The van der Waals surface area contributed by atoms with Crippen molar-refractivity contribution >= 4 is 9.84 Å². The Kier molecular flexibility index (Phi) is 6.25. The number of nitrogens with zero attached hydrogens (tertiary/aromatic N) is 1. The second kappa shape index (κ2) is 9.22. The van der Waals surface area contributed by atoms with Gasteiger partial charge in [-0.15, -0.1) is 0 Å². The van der Waals surface area contributed by atoms with Gasteiger partial charge in [-0.3, -0.25) is 0 Å². The van der Waals surface area contributed by atoms with E-state index in [1.165, 1.54) is 42.1 Å². The molecule has 5 rings (SSSR count). The average molecular weight is 500 g/mol. The molecule has 0 spiro atoms. The smallest absolute Gasteiger partial charge is 0.213 e. The van der Waals surface area contributed by atoms with Crippen LogP contribution in [0.2, 0.25) is 0 Å². The monoisotopic (exact) mass is 499 g/mol. The minimum atomic E-state index is -3.05. The number of aryl methyl sites for hydroxylation is 1. The van der Waals surface area contributed by atoms with Crippen LogP contribution in [0.5, 0.6) is 11.6 Å². The number of hydrogen-bond acceptors (Lipinski definition) is 5. The Hall–Kier alpha value is -3.00. The quantitative estimate of drug-likeness (QED) is 0.370.